The van der Waals surface area contributed by atoms with Crippen LogP contribution >= 0.6 is 0 Å². The Bertz CT molecular complexity index is 262. The maximum atomic E-state index is 10.9. The van der Waals surface area contributed by atoms with Crippen LogP contribution in [0.2, 0.25) is 0 Å². The van der Waals surface area contributed by atoms with E-state index in [9.17, 15) is 9.59 Å². The SMILES string of the molecule is CCCCCCC(CC(C(=O)O)C(=O)O)C(C)C.[H-].[H-].[Mg+2]. The van der Waals surface area contributed by atoms with Crippen LogP contribution in [0.1, 0.15) is 62.1 Å². The van der Waals surface area contributed by atoms with Crippen LogP contribution in [-0.2, 0) is 9.59 Å². The molecule has 0 saturated carbocycles. The molecule has 0 aliphatic rings. The van der Waals surface area contributed by atoms with Gasteiger partial charge in [0, 0.05) is 0 Å². The molecule has 1 atom stereocenters. The summed E-state index contributed by atoms with van der Waals surface area (Å²) in [5.74, 6) is -3.20. The van der Waals surface area contributed by atoms with Crippen molar-refractivity contribution >= 4 is 35.0 Å². The van der Waals surface area contributed by atoms with Crippen molar-refractivity contribution in [2.24, 2.45) is 17.8 Å². The first kappa shape index (κ1) is 21.0. The summed E-state index contributed by atoms with van der Waals surface area (Å²) in [5, 5.41) is 17.8. The van der Waals surface area contributed by atoms with Gasteiger partial charge in [-0.1, -0.05) is 52.9 Å². The second-order valence-corrected chi connectivity index (χ2v) is 5.32. The molecular formula is C14H28MgO4. The van der Waals surface area contributed by atoms with E-state index in [1.807, 2.05) is 13.8 Å². The van der Waals surface area contributed by atoms with E-state index in [1.165, 1.54) is 12.8 Å². The topological polar surface area (TPSA) is 74.6 Å². The maximum Gasteiger partial charge on any atom is 2.00 e. The molecule has 4 nitrogen and oxygen atoms in total. The van der Waals surface area contributed by atoms with Gasteiger partial charge in [-0.2, -0.15) is 0 Å². The summed E-state index contributed by atoms with van der Waals surface area (Å²) >= 11 is 0. The Morgan fingerprint density at radius 1 is 1.05 bits per heavy atom. The number of carboxylic acid groups (broad SMARTS) is 2. The minimum Gasteiger partial charge on any atom is -1.00 e. The molecule has 0 fully saturated rings. The van der Waals surface area contributed by atoms with Gasteiger partial charge in [0.25, 0.3) is 0 Å². The Morgan fingerprint density at radius 3 is 1.95 bits per heavy atom. The van der Waals surface area contributed by atoms with Gasteiger partial charge in [0.15, 0.2) is 5.92 Å². The monoisotopic (exact) mass is 284 g/mol. The van der Waals surface area contributed by atoms with Gasteiger partial charge in [-0.25, -0.2) is 0 Å². The Kier molecular flexibility index (Phi) is 12.7. The minimum atomic E-state index is -1.26. The molecule has 0 amide bonds. The molecular weight excluding hydrogens is 256 g/mol. The molecule has 19 heavy (non-hydrogen) atoms. The van der Waals surface area contributed by atoms with Crippen LogP contribution < -0.4 is 0 Å². The van der Waals surface area contributed by atoms with Crippen molar-refractivity contribution in [1.82, 2.24) is 0 Å². The number of hydrogen-bond donors (Lipinski definition) is 2. The van der Waals surface area contributed by atoms with E-state index < -0.39 is 17.9 Å². The van der Waals surface area contributed by atoms with Gasteiger partial charge in [-0.15, -0.1) is 0 Å². The summed E-state index contributed by atoms with van der Waals surface area (Å²) in [6, 6.07) is 0. The number of carbonyl (C=O) groups is 2. The molecule has 0 aromatic heterocycles. The summed E-state index contributed by atoms with van der Waals surface area (Å²) in [6.07, 6.45) is 5.72. The zero-order valence-electron chi connectivity index (χ0n) is 14.4. The quantitative estimate of drug-likeness (QED) is 0.367. The second kappa shape index (κ2) is 11.5. The van der Waals surface area contributed by atoms with Crippen LogP contribution in [0, 0.1) is 17.8 Å². The number of unbranched alkanes of at least 4 members (excludes halogenated alkanes) is 3. The molecule has 0 rings (SSSR count). The van der Waals surface area contributed by atoms with Gasteiger partial charge < -0.3 is 13.1 Å². The molecule has 0 aromatic carbocycles. The van der Waals surface area contributed by atoms with Gasteiger partial charge in [-0.3, -0.25) is 9.59 Å². The first-order valence-corrected chi connectivity index (χ1v) is 6.85. The molecule has 0 bridgehead atoms. The molecule has 0 aliphatic heterocycles. The van der Waals surface area contributed by atoms with Crippen LogP contribution in [0.15, 0.2) is 0 Å². The summed E-state index contributed by atoms with van der Waals surface area (Å²) < 4.78 is 0. The standard InChI is InChI=1S/C14H26O4.Mg.2H/c1-4-5-6-7-8-11(10(2)3)9-12(13(15)16)14(17)18;;;/h10-12H,4-9H2,1-3H3,(H,15,16)(H,17,18);;;/q;+2;2*-1. The summed E-state index contributed by atoms with van der Waals surface area (Å²) in [4.78, 5) is 21.8. The molecule has 5 heteroatoms. The van der Waals surface area contributed by atoms with Crippen LogP contribution in [0.5, 0.6) is 0 Å². The average Bonchev–Trinajstić information content (AvgIpc) is 2.26. The molecule has 0 radical (unpaired) electrons. The molecule has 0 spiro atoms. The van der Waals surface area contributed by atoms with Crippen molar-refractivity contribution < 1.29 is 22.7 Å². The van der Waals surface area contributed by atoms with Gasteiger partial charge in [0.05, 0.1) is 0 Å². The summed E-state index contributed by atoms with van der Waals surface area (Å²) in [6.45, 7) is 6.21. The van der Waals surface area contributed by atoms with E-state index in [-0.39, 0.29) is 38.2 Å². The van der Waals surface area contributed by atoms with Crippen molar-refractivity contribution in [2.75, 3.05) is 0 Å². The average molecular weight is 285 g/mol. The van der Waals surface area contributed by atoms with E-state index in [0.717, 1.165) is 19.3 Å². The predicted molar refractivity (Wildman–Crippen MR) is 78.4 cm³/mol. The Labute approximate surface area is 135 Å². The van der Waals surface area contributed by atoms with Crippen LogP contribution in [-0.4, -0.2) is 45.2 Å². The smallest absolute Gasteiger partial charge is 1.00 e. The third-order valence-corrected chi connectivity index (χ3v) is 3.51. The zero-order chi connectivity index (χ0) is 14.1. The van der Waals surface area contributed by atoms with E-state index in [1.54, 1.807) is 0 Å². The summed E-state index contributed by atoms with van der Waals surface area (Å²) in [7, 11) is 0. The number of hydrogen-bond acceptors (Lipinski definition) is 2. The van der Waals surface area contributed by atoms with Crippen LogP contribution in [0.3, 0.4) is 0 Å². The molecule has 110 valence electrons. The summed E-state index contributed by atoms with van der Waals surface area (Å²) in [5.41, 5.74) is 0. The van der Waals surface area contributed by atoms with Gasteiger partial charge in [0.2, 0.25) is 0 Å². The van der Waals surface area contributed by atoms with Gasteiger partial charge in [0.1, 0.15) is 0 Å². The molecule has 2 N–H and O–H groups in total. The van der Waals surface area contributed by atoms with Crippen LogP contribution in [0.4, 0.5) is 0 Å². The van der Waals surface area contributed by atoms with E-state index in [2.05, 4.69) is 6.92 Å². The fourth-order valence-corrected chi connectivity index (χ4v) is 2.17. The Morgan fingerprint density at radius 2 is 1.58 bits per heavy atom. The molecule has 0 aliphatic carbocycles. The number of rotatable bonds is 10. The van der Waals surface area contributed by atoms with E-state index in [4.69, 9.17) is 10.2 Å². The molecule has 1 unspecified atom stereocenters. The minimum absolute atomic E-state index is 0. The predicted octanol–water partition coefficient (Wildman–Crippen LogP) is 3.25. The molecule has 0 aromatic rings. The van der Waals surface area contributed by atoms with E-state index >= 15 is 0 Å². The van der Waals surface area contributed by atoms with Crippen molar-refractivity contribution in [1.29, 1.82) is 0 Å². The number of aliphatic carboxylic acids is 2. The molecule has 0 heterocycles. The van der Waals surface area contributed by atoms with Crippen molar-refractivity contribution in [3.8, 4) is 0 Å². The normalized spacial score (nSPS) is 12.3. The molecule has 0 saturated heterocycles. The number of carboxylic acids is 2. The largest absolute Gasteiger partial charge is 2.00 e. The van der Waals surface area contributed by atoms with Crippen molar-refractivity contribution in [3.63, 3.8) is 0 Å². The third-order valence-electron chi connectivity index (χ3n) is 3.51. The Balaban J connectivity index is -0.000000482. The fraction of sp³-hybridized carbons (Fsp3) is 0.857. The maximum absolute atomic E-state index is 10.9. The zero-order valence-corrected chi connectivity index (χ0v) is 13.8. The third kappa shape index (κ3) is 9.27. The Hall–Kier alpha value is -0.294. The van der Waals surface area contributed by atoms with Crippen LogP contribution in [0.25, 0.3) is 0 Å². The van der Waals surface area contributed by atoms with Crippen molar-refractivity contribution in [2.45, 2.75) is 59.3 Å². The van der Waals surface area contributed by atoms with Gasteiger partial charge in [-0.05, 0) is 18.3 Å². The fourth-order valence-electron chi connectivity index (χ4n) is 2.17. The van der Waals surface area contributed by atoms with Crippen molar-refractivity contribution in [3.05, 3.63) is 0 Å². The second-order valence-electron chi connectivity index (χ2n) is 5.32. The first-order chi connectivity index (χ1) is 8.40. The van der Waals surface area contributed by atoms with Gasteiger partial charge >= 0.3 is 35.0 Å². The first-order valence-electron chi connectivity index (χ1n) is 6.85. The van der Waals surface area contributed by atoms with E-state index in [0.29, 0.717) is 5.92 Å².